The van der Waals surface area contributed by atoms with Crippen molar-refractivity contribution in [1.82, 2.24) is 4.98 Å². The molecule has 0 aliphatic heterocycles. The Morgan fingerprint density at radius 3 is 2.48 bits per heavy atom. The van der Waals surface area contributed by atoms with Crippen molar-refractivity contribution in [2.24, 2.45) is 0 Å². The number of alkyl halides is 3. The molecule has 1 heterocycles. The highest BCUT2D eigenvalue weighted by Gasteiger charge is 2.37. The molecule has 2 aromatic rings. The Balaban J connectivity index is 2.74. The molecule has 0 N–H and O–H groups in total. The molecule has 21 heavy (non-hydrogen) atoms. The van der Waals surface area contributed by atoms with Crippen molar-refractivity contribution in [2.75, 3.05) is 0 Å². The average Bonchev–Trinajstić information content (AvgIpc) is 2.37. The standard InChI is InChI=1S/C14H7Cl2F3N2/c15-9-1-2-10(11(16)7-9)13-12(14(17,18)19)8(3-5-20)4-6-21-13/h1-2,4,6-7H,3H2. The van der Waals surface area contributed by atoms with Crippen molar-refractivity contribution in [2.45, 2.75) is 12.6 Å². The van der Waals surface area contributed by atoms with Gasteiger partial charge in [-0.1, -0.05) is 23.2 Å². The monoisotopic (exact) mass is 330 g/mol. The van der Waals surface area contributed by atoms with Gasteiger partial charge < -0.3 is 0 Å². The minimum absolute atomic E-state index is 0.0645. The van der Waals surface area contributed by atoms with Gasteiger partial charge in [-0.05, 0) is 29.8 Å². The summed E-state index contributed by atoms with van der Waals surface area (Å²) in [5, 5.41) is 9.06. The first-order chi connectivity index (χ1) is 9.84. The molecule has 0 bridgehead atoms. The molecule has 0 fully saturated rings. The molecular formula is C14H7Cl2F3N2. The van der Waals surface area contributed by atoms with Gasteiger partial charge in [0.05, 0.1) is 28.8 Å². The second kappa shape index (κ2) is 5.92. The molecule has 2 nitrogen and oxygen atoms in total. The molecule has 2 rings (SSSR count). The largest absolute Gasteiger partial charge is 0.418 e. The molecule has 0 amide bonds. The van der Waals surface area contributed by atoms with Crippen LogP contribution in [0.5, 0.6) is 0 Å². The van der Waals surface area contributed by atoms with E-state index in [2.05, 4.69) is 4.98 Å². The second-order valence-electron chi connectivity index (χ2n) is 4.15. The summed E-state index contributed by atoms with van der Waals surface area (Å²) < 4.78 is 39.9. The summed E-state index contributed by atoms with van der Waals surface area (Å²) in [6.45, 7) is 0. The summed E-state index contributed by atoms with van der Waals surface area (Å²) in [4.78, 5) is 3.79. The van der Waals surface area contributed by atoms with Crippen LogP contribution >= 0.6 is 23.2 Å². The number of rotatable bonds is 2. The zero-order valence-corrected chi connectivity index (χ0v) is 11.9. The first-order valence-corrected chi connectivity index (χ1v) is 6.47. The Morgan fingerprint density at radius 2 is 1.90 bits per heavy atom. The number of pyridine rings is 1. The number of halogens is 5. The van der Waals surface area contributed by atoms with Crippen LogP contribution in [-0.2, 0) is 12.6 Å². The maximum Gasteiger partial charge on any atom is 0.418 e. The number of hydrogen-bond donors (Lipinski definition) is 0. The molecule has 0 atom stereocenters. The molecule has 1 aromatic heterocycles. The van der Waals surface area contributed by atoms with Gasteiger partial charge in [0.25, 0.3) is 0 Å². The van der Waals surface area contributed by atoms with E-state index < -0.39 is 11.7 Å². The minimum Gasteiger partial charge on any atom is -0.256 e. The third kappa shape index (κ3) is 3.29. The van der Waals surface area contributed by atoms with E-state index in [9.17, 15) is 13.2 Å². The predicted octanol–water partition coefficient (Wildman–Crippen LogP) is 5.14. The normalized spacial score (nSPS) is 11.2. The van der Waals surface area contributed by atoms with Crippen LogP contribution in [0.25, 0.3) is 11.3 Å². The van der Waals surface area contributed by atoms with Gasteiger partial charge in [-0.25, -0.2) is 0 Å². The zero-order valence-electron chi connectivity index (χ0n) is 10.4. The van der Waals surface area contributed by atoms with Crippen LogP contribution in [0, 0.1) is 11.3 Å². The van der Waals surface area contributed by atoms with Gasteiger partial charge >= 0.3 is 6.18 Å². The van der Waals surface area contributed by atoms with E-state index in [1.807, 2.05) is 0 Å². The number of benzene rings is 1. The quantitative estimate of drug-likeness (QED) is 0.764. The van der Waals surface area contributed by atoms with Gasteiger partial charge in [0.1, 0.15) is 0 Å². The van der Waals surface area contributed by atoms with Crippen molar-refractivity contribution in [1.29, 1.82) is 5.26 Å². The average molecular weight is 331 g/mol. The van der Waals surface area contributed by atoms with Gasteiger partial charge in [-0.3, -0.25) is 4.98 Å². The van der Waals surface area contributed by atoms with Crippen LogP contribution in [0.2, 0.25) is 10.0 Å². The summed E-state index contributed by atoms with van der Waals surface area (Å²) >= 11 is 11.7. The lowest BCUT2D eigenvalue weighted by molar-refractivity contribution is -0.137. The number of nitriles is 1. The van der Waals surface area contributed by atoms with Gasteiger partial charge in [0.2, 0.25) is 0 Å². The van der Waals surface area contributed by atoms with E-state index in [1.165, 1.54) is 30.5 Å². The van der Waals surface area contributed by atoms with E-state index in [0.29, 0.717) is 5.02 Å². The third-order valence-corrected chi connectivity index (χ3v) is 3.32. The first-order valence-electron chi connectivity index (χ1n) is 5.72. The maximum absolute atomic E-state index is 13.3. The lowest BCUT2D eigenvalue weighted by Crippen LogP contribution is -2.12. The van der Waals surface area contributed by atoms with Crippen LogP contribution in [-0.4, -0.2) is 4.98 Å². The van der Waals surface area contributed by atoms with E-state index in [-0.39, 0.29) is 28.3 Å². The number of aromatic nitrogens is 1. The third-order valence-electron chi connectivity index (χ3n) is 2.78. The highest BCUT2D eigenvalue weighted by Crippen LogP contribution is 2.40. The molecule has 7 heteroatoms. The highest BCUT2D eigenvalue weighted by atomic mass is 35.5. The van der Waals surface area contributed by atoms with Gasteiger partial charge in [-0.15, -0.1) is 0 Å². The molecular weight excluding hydrogens is 324 g/mol. The first kappa shape index (κ1) is 15.6. The maximum atomic E-state index is 13.3. The molecule has 0 aliphatic carbocycles. The second-order valence-corrected chi connectivity index (χ2v) is 4.99. The fraction of sp³-hybridized carbons (Fsp3) is 0.143. The van der Waals surface area contributed by atoms with Crippen molar-refractivity contribution in [3.63, 3.8) is 0 Å². The van der Waals surface area contributed by atoms with Gasteiger partial charge in [0, 0.05) is 16.8 Å². The molecule has 0 unspecified atom stereocenters. The van der Waals surface area contributed by atoms with Crippen LogP contribution in [0.15, 0.2) is 30.5 Å². The van der Waals surface area contributed by atoms with Crippen LogP contribution in [0.3, 0.4) is 0 Å². The summed E-state index contributed by atoms with van der Waals surface area (Å²) in [6.07, 6.45) is -3.78. The van der Waals surface area contributed by atoms with Crippen LogP contribution in [0.4, 0.5) is 13.2 Å². The summed E-state index contributed by atoms with van der Waals surface area (Å²) in [5.74, 6) is 0. The Hall–Kier alpha value is -1.77. The molecule has 0 aliphatic rings. The molecule has 0 radical (unpaired) electrons. The van der Waals surface area contributed by atoms with Crippen LogP contribution in [0.1, 0.15) is 11.1 Å². The SMILES string of the molecule is N#CCc1ccnc(-c2ccc(Cl)cc2Cl)c1C(F)(F)F. The van der Waals surface area contributed by atoms with Crippen LogP contribution < -0.4 is 0 Å². The van der Waals surface area contributed by atoms with Gasteiger partial charge in [-0.2, -0.15) is 18.4 Å². The molecule has 0 spiro atoms. The van der Waals surface area contributed by atoms with Crippen molar-refractivity contribution >= 4 is 23.2 Å². The molecule has 1 aromatic carbocycles. The fourth-order valence-electron chi connectivity index (χ4n) is 1.94. The number of nitrogens with zero attached hydrogens (tertiary/aromatic N) is 2. The van der Waals surface area contributed by atoms with Crippen molar-refractivity contribution in [3.8, 4) is 17.3 Å². The Bertz CT molecular complexity index is 721. The Labute approximate surface area is 128 Å². The van der Waals surface area contributed by atoms with Crippen molar-refractivity contribution < 1.29 is 13.2 Å². The van der Waals surface area contributed by atoms with E-state index >= 15 is 0 Å². The lowest BCUT2D eigenvalue weighted by atomic mass is 9.99. The molecule has 0 saturated carbocycles. The fourth-order valence-corrected chi connectivity index (χ4v) is 2.43. The Morgan fingerprint density at radius 1 is 1.19 bits per heavy atom. The summed E-state index contributed by atoms with van der Waals surface area (Å²) in [7, 11) is 0. The number of hydrogen-bond acceptors (Lipinski definition) is 2. The van der Waals surface area contributed by atoms with E-state index in [4.69, 9.17) is 28.5 Å². The van der Waals surface area contributed by atoms with E-state index in [1.54, 1.807) is 6.07 Å². The minimum atomic E-state index is -4.64. The lowest BCUT2D eigenvalue weighted by Gasteiger charge is -2.16. The highest BCUT2D eigenvalue weighted by molar-refractivity contribution is 6.36. The van der Waals surface area contributed by atoms with Gasteiger partial charge in [0.15, 0.2) is 0 Å². The molecule has 108 valence electrons. The summed E-state index contributed by atoms with van der Waals surface area (Å²) in [6, 6.07) is 7.05. The van der Waals surface area contributed by atoms with E-state index in [0.717, 1.165) is 0 Å². The predicted molar refractivity (Wildman–Crippen MR) is 74.0 cm³/mol. The Kier molecular flexibility index (Phi) is 4.40. The van der Waals surface area contributed by atoms with Crippen molar-refractivity contribution in [3.05, 3.63) is 51.6 Å². The topological polar surface area (TPSA) is 36.7 Å². The zero-order chi connectivity index (χ0) is 15.6. The summed E-state index contributed by atoms with van der Waals surface area (Å²) in [5.41, 5.74) is -1.28. The smallest absolute Gasteiger partial charge is 0.256 e. The molecule has 0 saturated heterocycles.